The lowest BCUT2D eigenvalue weighted by molar-refractivity contribution is 0.618. The van der Waals surface area contributed by atoms with Gasteiger partial charge in [-0.05, 0) is 6.42 Å². The Morgan fingerprint density at radius 3 is 3.23 bits per heavy atom. The number of imidazole rings is 1. The van der Waals surface area contributed by atoms with Crippen molar-refractivity contribution in [3.8, 4) is 0 Å². The molecule has 0 bridgehead atoms. The van der Waals surface area contributed by atoms with Crippen molar-refractivity contribution >= 4 is 0 Å². The zero-order valence-corrected chi connectivity index (χ0v) is 8.16. The van der Waals surface area contributed by atoms with Crippen LogP contribution in [-0.2, 0) is 13.1 Å². The van der Waals surface area contributed by atoms with Crippen LogP contribution in [0.1, 0.15) is 19.0 Å². The number of rotatable bonds is 6. The molecule has 0 unspecified atom stereocenters. The lowest BCUT2D eigenvalue weighted by atomic mass is 10.4. The molecule has 0 atom stereocenters. The highest BCUT2D eigenvalue weighted by Gasteiger charge is 1.98. The van der Waals surface area contributed by atoms with Gasteiger partial charge in [-0.3, -0.25) is 0 Å². The number of nitrogens with one attached hydrogen (secondary N) is 1. The van der Waals surface area contributed by atoms with Crippen molar-refractivity contribution in [1.29, 1.82) is 0 Å². The molecule has 1 heterocycles. The summed E-state index contributed by atoms with van der Waals surface area (Å²) in [7, 11) is 0. The highest BCUT2D eigenvalue weighted by Crippen LogP contribution is 1.99. The van der Waals surface area contributed by atoms with Crippen LogP contribution in [0.5, 0.6) is 0 Å². The van der Waals surface area contributed by atoms with Gasteiger partial charge in [-0.25, -0.2) is 4.98 Å². The molecule has 0 saturated carbocycles. The number of nitrogens with zero attached hydrogens (tertiary/aromatic N) is 2. The van der Waals surface area contributed by atoms with E-state index in [1.54, 1.807) is 0 Å². The Kier molecular flexibility index (Phi) is 4.26. The Bertz CT molecular complexity index is 252. The normalized spacial score (nSPS) is 10.2. The lowest BCUT2D eigenvalue weighted by Crippen LogP contribution is -2.15. The fourth-order valence-electron chi connectivity index (χ4n) is 1.24. The van der Waals surface area contributed by atoms with Crippen molar-refractivity contribution in [3.05, 3.63) is 30.9 Å². The number of hydrogen-bond donors (Lipinski definition) is 1. The summed E-state index contributed by atoms with van der Waals surface area (Å²) in [5.74, 6) is 0. The fraction of sp³-hybridized carbons (Fsp3) is 0.500. The molecule has 0 aliphatic carbocycles. The summed E-state index contributed by atoms with van der Waals surface area (Å²) >= 11 is 0. The molecule has 0 amide bonds. The van der Waals surface area contributed by atoms with Crippen LogP contribution in [-0.4, -0.2) is 16.1 Å². The molecule has 1 rings (SSSR count). The van der Waals surface area contributed by atoms with E-state index in [0.717, 1.165) is 26.1 Å². The molecule has 1 aromatic rings. The number of hydrogen-bond acceptors (Lipinski definition) is 2. The quantitative estimate of drug-likeness (QED) is 0.530. The van der Waals surface area contributed by atoms with Crippen LogP contribution in [0, 0.1) is 0 Å². The molecule has 0 aromatic carbocycles. The third kappa shape index (κ3) is 3.03. The van der Waals surface area contributed by atoms with Gasteiger partial charge in [-0.15, -0.1) is 6.58 Å². The average molecular weight is 179 g/mol. The Morgan fingerprint density at radius 1 is 1.69 bits per heavy atom. The van der Waals surface area contributed by atoms with Gasteiger partial charge in [-0.1, -0.05) is 13.0 Å². The zero-order valence-electron chi connectivity index (χ0n) is 8.16. The summed E-state index contributed by atoms with van der Waals surface area (Å²) in [6.45, 7) is 8.58. The van der Waals surface area contributed by atoms with Crippen LogP contribution < -0.4 is 5.32 Å². The van der Waals surface area contributed by atoms with Crippen LogP contribution in [0.3, 0.4) is 0 Å². The van der Waals surface area contributed by atoms with Gasteiger partial charge in [0, 0.05) is 25.8 Å². The summed E-state index contributed by atoms with van der Waals surface area (Å²) < 4.78 is 2.18. The van der Waals surface area contributed by atoms with Crippen molar-refractivity contribution in [1.82, 2.24) is 14.9 Å². The molecular formula is C10H17N3. The van der Waals surface area contributed by atoms with Crippen molar-refractivity contribution in [2.75, 3.05) is 6.54 Å². The van der Waals surface area contributed by atoms with Crippen molar-refractivity contribution in [2.45, 2.75) is 26.4 Å². The fourth-order valence-corrected chi connectivity index (χ4v) is 1.24. The molecule has 1 N–H and O–H groups in total. The van der Waals surface area contributed by atoms with Gasteiger partial charge >= 0.3 is 0 Å². The van der Waals surface area contributed by atoms with E-state index in [1.807, 2.05) is 18.6 Å². The first kappa shape index (κ1) is 9.99. The van der Waals surface area contributed by atoms with Crippen molar-refractivity contribution < 1.29 is 0 Å². The predicted molar refractivity (Wildman–Crippen MR) is 54.4 cm³/mol. The van der Waals surface area contributed by atoms with Gasteiger partial charge in [0.05, 0.1) is 12.0 Å². The summed E-state index contributed by atoms with van der Waals surface area (Å²) in [6, 6.07) is 0. The minimum absolute atomic E-state index is 0.845. The van der Waals surface area contributed by atoms with Gasteiger partial charge in [0.15, 0.2) is 0 Å². The van der Waals surface area contributed by atoms with Gasteiger partial charge < -0.3 is 9.88 Å². The molecule has 13 heavy (non-hydrogen) atoms. The summed E-state index contributed by atoms with van der Waals surface area (Å²) in [5, 5.41) is 3.26. The highest BCUT2D eigenvalue weighted by molar-refractivity contribution is 4.98. The first-order valence-corrected chi connectivity index (χ1v) is 4.69. The topological polar surface area (TPSA) is 29.9 Å². The van der Waals surface area contributed by atoms with Gasteiger partial charge in [0.1, 0.15) is 0 Å². The second kappa shape index (κ2) is 5.54. The van der Waals surface area contributed by atoms with Crippen molar-refractivity contribution in [2.24, 2.45) is 0 Å². The standard InChI is InChI=1S/C10H17N3/c1-3-5-11-7-10-8-12-9-13(10)6-4-2/h3,8-9,11H,1,4-7H2,2H3. The van der Waals surface area contributed by atoms with E-state index in [-0.39, 0.29) is 0 Å². The van der Waals surface area contributed by atoms with E-state index in [0.29, 0.717) is 0 Å². The van der Waals surface area contributed by atoms with Crippen LogP contribution in [0.25, 0.3) is 0 Å². The second-order valence-electron chi connectivity index (χ2n) is 3.00. The van der Waals surface area contributed by atoms with E-state index in [4.69, 9.17) is 0 Å². The maximum absolute atomic E-state index is 4.12. The lowest BCUT2D eigenvalue weighted by Gasteiger charge is -2.06. The highest BCUT2D eigenvalue weighted by atomic mass is 15.1. The average Bonchev–Trinajstić information content (AvgIpc) is 2.54. The van der Waals surface area contributed by atoms with Gasteiger partial charge in [-0.2, -0.15) is 0 Å². The molecule has 3 heteroatoms. The summed E-state index contributed by atoms with van der Waals surface area (Å²) in [4.78, 5) is 4.12. The molecule has 1 aromatic heterocycles. The molecule has 0 radical (unpaired) electrons. The Morgan fingerprint density at radius 2 is 2.54 bits per heavy atom. The summed E-state index contributed by atoms with van der Waals surface area (Å²) in [6.07, 6.45) is 6.80. The zero-order chi connectivity index (χ0) is 9.52. The first-order chi connectivity index (χ1) is 6.38. The van der Waals surface area contributed by atoms with Crippen LogP contribution in [0.2, 0.25) is 0 Å². The molecule has 0 spiro atoms. The van der Waals surface area contributed by atoms with Crippen LogP contribution >= 0.6 is 0 Å². The van der Waals surface area contributed by atoms with Gasteiger partial charge in [0.2, 0.25) is 0 Å². The van der Waals surface area contributed by atoms with E-state index in [1.165, 1.54) is 5.69 Å². The second-order valence-corrected chi connectivity index (χ2v) is 3.00. The minimum Gasteiger partial charge on any atom is -0.333 e. The molecule has 0 saturated heterocycles. The monoisotopic (exact) mass is 179 g/mol. The van der Waals surface area contributed by atoms with Crippen LogP contribution in [0.15, 0.2) is 25.2 Å². The van der Waals surface area contributed by atoms with E-state index in [9.17, 15) is 0 Å². The number of aryl methyl sites for hydroxylation is 1. The van der Waals surface area contributed by atoms with E-state index < -0.39 is 0 Å². The van der Waals surface area contributed by atoms with Crippen LogP contribution in [0.4, 0.5) is 0 Å². The van der Waals surface area contributed by atoms with E-state index in [2.05, 4.69) is 28.4 Å². The molecule has 0 aliphatic heterocycles. The Labute approximate surface area is 79.5 Å². The minimum atomic E-state index is 0.845. The van der Waals surface area contributed by atoms with Gasteiger partial charge in [0.25, 0.3) is 0 Å². The molecule has 0 fully saturated rings. The van der Waals surface area contributed by atoms with Crippen molar-refractivity contribution in [3.63, 3.8) is 0 Å². The maximum atomic E-state index is 4.12. The molecule has 3 nitrogen and oxygen atoms in total. The molecular weight excluding hydrogens is 162 g/mol. The largest absolute Gasteiger partial charge is 0.333 e. The summed E-state index contributed by atoms with van der Waals surface area (Å²) in [5.41, 5.74) is 1.24. The maximum Gasteiger partial charge on any atom is 0.0948 e. The third-order valence-electron chi connectivity index (χ3n) is 1.86. The Hall–Kier alpha value is -1.09. The smallest absolute Gasteiger partial charge is 0.0948 e. The number of aromatic nitrogens is 2. The third-order valence-corrected chi connectivity index (χ3v) is 1.86. The SMILES string of the molecule is C=CCNCc1cncn1CCC. The molecule has 72 valence electrons. The molecule has 0 aliphatic rings. The first-order valence-electron chi connectivity index (χ1n) is 4.69. The predicted octanol–water partition coefficient (Wildman–Crippen LogP) is 1.57. The van der Waals surface area contributed by atoms with E-state index >= 15 is 0 Å². The Balaban J connectivity index is 2.44.